The van der Waals surface area contributed by atoms with Gasteiger partial charge in [0.05, 0.1) is 0 Å². The minimum absolute atomic E-state index is 0.279. The second-order valence-electron chi connectivity index (χ2n) is 4.83. The summed E-state index contributed by atoms with van der Waals surface area (Å²) in [5.41, 5.74) is 5.91. The third-order valence-corrected chi connectivity index (χ3v) is 3.35. The van der Waals surface area contributed by atoms with Crippen molar-refractivity contribution in [3.05, 3.63) is 28.8 Å². The van der Waals surface area contributed by atoms with E-state index in [1.165, 1.54) is 35.2 Å². The van der Waals surface area contributed by atoms with Gasteiger partial charge in [0.25, 0.3) is 0 Å². The quantitative estimate of drug-likeness (QED) is 0.713. The SMILES string of the molecule is CCC1(C)Cc2cc(C)cc(C)c2N1. The molecule has 1 atom stereocenters. The fourth-order valence-electron chi connectivity index (χ4n) is 2.35. The maximum absolute atomic E-state index is 3.66. The van der Waals surface area contributed by atoms with Crippen LogP contribution in [0.25, 0.3) is 0 Å². The monoisotopic (exact) mass is 189 g/mol. The zero-order valence-corrected chi connectivity index (χ0v) is 9.57. The molecule has 1 heterocycles. The Morgan fingerprint density at radius 3 is 2.71 bits per heavy atom. The topological polar surface area (TPSA) is 12.0 Å². The Morgan fingerprint density at radius 1 is 1.36 bits per heavy atom. The van der Waals surface area contributed by atoms with Crippen molar-refractivity contribution in [2.24, 2.45) is 0 Å². The number of hydrogen-bond acceptors (Lipinski definition) is 1. The van der Waals surface area contributed by atoms with Gasteiger partial charge < -0.3 is 5.32 Å². The molecule has 0 amide bonds. The highest BCUT2D eigenvalue weighted by molar-refractivity contribution is 5.64. The molecule has 1 aliphatic heterocycles. The van der Waals surface area contributed by atoms with Crippen molar-refractivity contribution in [3.63, 3.8) is 0 Å². The van der Waals surface area contributed by atoms with Crippen LogP contribution in [0.2, 0.25) is 0 Å². The molecule has 1 nitrogen and oxygen atoms in total. The lowest BCUT2D eigenvalue weighted by atomic mass is 9.94. The lowest BCUT2D eigenvalue weighted by molar-refractivity contribution is 0.515. The number of nitrogens with one attached hydrogen (secondary N) is 1. The van der Waals surface area contributed by atoms with Crippen molar-refractivity contribution in [1.29, 1.82) is 0 Å². The molecule has 1 aromatic carbocycles. The summed E-state index contributed by atoms with van der Waals surface area (Å²) in [6.45, 7) is 8.93. The molecule has 14 heavy (non-hydrogen) atoms. The normalized spacial score (nSPS) is 24.6. The standard InChI is InChI=1S/C13H19N/c1-5-13(4)8-11-7-9(2)6-10(3)12(11)14-13/h6-7,14H,5,8H2,1-4H3. The first-order valence-electron chi connectivity index (χ1n) is 5.42. The van der Waals surface area contributed by atoms with E-state index in [4.69, 9.17) is 0 Å². The van der Waals surface area contributed by atoms with Crippen molar-refractivity contribution in [1.82, 2.24) is 0 Å². The second kappa shape index (κ2) is 3.01. The molecule has 0 saturated heterocycles. The largest absolute Gasteiger partial charge is 0.379 e. The molecule has 0 spiro atoms. The van der Waals surface area contributed by atoms with Crippen LogP contribution in [-0.4, -0.2) is 5.54 Å². The van der Waals surface area contributed by atoms with Crippen LogP contribution in [0.1, 0.15) is 37.0 Å². The molecule has 1 aromatic rings. The Bertz CT molecular complexity index is 368. The first kappa shape index (κ1) is 9.57. The lowest BCUT2D eigenvalue weighted by Crippen LogP contribution is -2.30. The van der Waals surface area contributed by atoms with E-state index in [0.717, 1.165) is 0 Å². The number of fused-ring (bicyclic) bond motifs is 1. The van der Waals surface area contributed by atoms with E-state index in [1.807, 2.05) is 0 Å². The number of benzene rings is 1. The first-order chi connectivity index (χ1) is 6.54. The zero-order valence-electron chi connectivity index (χ0n) is 9.57. The smallest absolute Gasteiger partial charge is 0.0407 e. The van der Waals surface area contributed by atoms with Gasteiger partial charge in [-0.3, -0.25) is 0 Å². The van der Waals surface area contributed by atoms with Gasteiger partial charge in [0.15, 0.2) is 0 Å². The summed E-state index contributed by atoms with van der Waals surface area (Å²) < 4.78 is 0. The Labute approximate surface area is 86.5 Å². The van der Waals surface area contributed by atoms with Crippen molar-refractivity contribution in [3.8, 4) is 0 Å². The van der Waals surface area contributed by atoms with Crippen molar-refractivity contribution in [2.75, 3.05) is 5.32 Å². The van der Waals surface area contributed by atoms with Gasteiger partial charge in [-0.25, -0.2) is 0 Å². The number of hydrogen-bond donors (Lipinski definition) is 1. The Morgan fingerprint density at radius 2 is 2.07 bits per heavy atom. The van der Waals surface area contributed by atoms with Gasteiger partial charge in [0.2, 0.25) is 0 Å². The van der Waals surface area contributed by atoms with E-state index in [9.17, 15) is 0 Å². The van der Waals surface area contributed by atoms with Crippen LogP contribution in [0.4, 0.5) is 5.69 Å². The van der Waals surface area contributed by atoms with Crippen molar-refractivity contribution in [2.45, 2.75) is 46.1 Å². The second-order valence-corrected chi connectivity index (χ2v) is 4.83. The molecule has 0 aromatic heterocycles. The van der Waals surface area contributed by atoms with E-state index < -0.39 is 0 Å². The molecule has 1 aliphatic rings. The van der Waals surface area contributed by atoms with Crippen LogP contribution in [-0.2, 0) is 6.42 Å². The number of anilines is 1. The molecule has 0 bridgehead atoms. The molecule has 1 unspecified atom stereocenters. The van der Waals surface area contributed by atoms with Gasteiger partial charge in [-0.1, -0.05) is 24.6 Å². The molecule has 0 radical (unpaired) electrons. The van der Waals surface area contributed by atoms with Gasteiger partial charge in [0, 0.05) is 11.2 Å². The molecule has 0 aliphatic carbocycles. The number of rotatable bonds is 1. The zero-order chi connectivity index (χ0) is 10.3. The Hall–Kier alpha value is -0.980. The first-order valence-corrected chi connectivity index (χ1v) is 5.42. The average molecular weight is 189 g/mol. The molecule has 76 valence electrons. The van der Waals surface area contributed by atoms with E-state index in [2.05, 4.69) is 45.1 Å². The highest BCUT2D eigenvalue weighted by Crippen LogP contribution is 2.36. The van der Waals surface area contributed by atoms with Crippen LogP contribution in [0.15, 0.2) is 12.1 Å². The molecule has 2 rings (SSSR count). The van der Waals surface area contributed by atoms with E-state index in [0.29, 0.717) is 0 Å². The summed E-state index contributed by atoms with van der Waals surface area (Å²) >= 11 is 0. The van der Waals surface area contributed by atoms with E-state index in [-0.39, 0.29) is 5.54 Å². The summed E-state index contributed by atoms with van der Waals surface area (Å²) in [5, 5.41) is 3.66. The van der Waals surface area contributed by atoms with Gasteiger partial charge in [-0.15, -0.1) is 0 Å². The summed E-state index contributed by atoms with van der Waals surface area (Å²) in [6, 6.07) is 4.57. The third-order valence-electron chi connectivity index (χ3n) is 3.35. The maximum atomic E-state index is 3.66. The van der Waals surface area contributed by atoms with Crippen molar-refractivity contribution >= 4 is 5.69 Å². The van der Waals surface area contributed by atoms with E-state index >= 15 is 0 Å². The highest BCUT2D eigenvalue weighted by atomic mass is 15.0. The molecular formula is C13H19N. The molecule has 0 saturated carbocycles. The van der Waals surface area contributed by atoms with Crippen LogP contribution in [0.3, 0.4) is 0 Å². The number of aryl methyl sites for hydroxylation is 2. The van der Waals surface area contributed by atoms with Crippen LogP contribution in [0.5, 0.6) is 0 Å². The van der Waals surface area contributed by atoms with Crippen LogP contribution >= 0.6 is 0 Å². The minimum Gasteiger partial charge on any atom is -0.379 e. The minimum atomic E-state index is 0.279. The Balaban J connectivity index is 2.44. The molecule has 1 heteroatoms. The summed E-state index contributed by atoms with van der Waals surface area (Å²) in [5.74, 6) is 0. The predicted molar refractivity (Wildman–Crippen MR) is 61.9 cm³/mol. The molecule has 1 N–H and O–H groups in total. The van der Waals surface area contributed by atoms with Gasteiger partial charge in [0.1, 0.15) is 0 Å². The van der Waals surface area contributed by atoms with Crippen LogP contribution < -0.4 is 5.32 Å². The average Bonchev–Trinajstić information content (AvgIpc) is 2.43. The summed E-state index contributed by atoms with van der Waals surface area (Å²) in [4.78, 5) is 0. The summed E-state index contributed by atoms with van der Waals surface area (Å²) in [7, 11) is 0. The van der Waals surface area contributed by atoms with Gasteiger partial charge in [-0.2, -0.15) is 0 Å². The fourth-order valence-corrected chi connectivity index (χ4v) is 2.35. The van der Waals surface area contributed by atoms with E-state index in [1.54, 1.807) is 0 Å². The third kappa shape index (κ3) is 1.41. The summed E-state index contributed by atoms with van der Waals surface area (Å²) in [6.07, 6.45) is 2.35. The predicted octanol–water partition coefficient (Wildman–Crippen LogP) is 3.44. The molecule has 0 fully saturated rings. The Kier molecular flexibility index (Phi) is 2.06. The molecular weight excluding hydrogens is 170 g/mol. The highest BCUT2D eigenvalue weighted by Gasteiger charge is 2.31. The van der Waals surface area contributed by atoms with Crippen LogP contribution in [0, 0.1) is 13.8 Å². The fraction of sp³-hybridized carbons (Fsp3) is 0.538. The van der Waals surface area contributed by atoms with Gasteiger partial charge >= 0.3 is 0 Å². The lowest BCUT2D eigenvalue weighted by Gasteiger charge is -2.23. The van der Waals surface area contributed by atoms with Crippen molar-refractivity contribution < 1.29 is 0 Å². The maximum Gasteiger partial charge on any atom is 0.0407 e. The van der Waals surface area contributed by atoms with Gasteiger partial charge in [-0.05, 0) is 44.7 Å².